The highest BCUT2D eigenvalue weighted by atomic mass is 35.5. The molecule has 16 heavy (non-hydrogen) atoms. The first kappa shape index (κ1) is 11.4. The number of aromatic nitrogens is 2. The minimum absolute atomic E-state index is 0.673. The summed E-state index contributed by atoms with van der Waals surface area (Å²) in [5.41, 5.74) is 3.94. The summed E-state index contributed by atoms with van der Waals surface area (Å²) in [5, 5.41) is 0.673. The van der Waals surface area contributed by atoms with Crippen LogP contribution in [0.25, 0.3) is 0 Å². The smallest absolute Gasteiger partial charge is 0.0822 e. The van der Waals surface area contributed by atoms with Crippen molar-refractivity contribution in [3.05, 3.63) is 39.6 Å². The van der Waals surface area contributed by atoms with Gasteiger partial charge in [-0.25, -0.2) is 4.98 Å². The zero-order valence-electron chi connectivity index (χ0n) is 9.14. The van der Waals surface area contributed by atoms with E-state index >= 15 is 0 Å². The van der Waals surface area contributed by atoms with Gasteiger partial charge in [-0.1, -0.05) is 11.6 Å². The van der Waals surface area contributed by atoms with E-state index in [0.29, 0.717) is 5.02 Å². The lowest BCUT2D eigenvalue weighted by Crippen LogP contribution is -2.16. The third kappa shape index (κ3) is 2.33. The van der Waals surface area contributed by atoms with Crippen LogP contribution in [-0.4, -0.2) is 17.0 Å². The summed E-state index contributed by atoms with van der Waals surface area (Å²) >= 11 is 7.75. The van der Waals surface area contributed by atoms with Crippen molar-refractivity contribution in [1.29, 1.82) is 0 Å². The Morgan fingerprint density at radius 2 is 2.31 bits per heavy atom. The predicted molar refractivity (Wildman–Crippen MR) is 68.2 cm³/mol. The fourth-order valence-electron chi connectivity index (χ4n) is 1.46. The van der Waals surface area contributed by atoms with Crippen molar-refractivity contribution in [3.8, 4) is 0 Å². The van der Waals surface area contributed by atoms with Crippen molar-refractivity contribution in [3.63, 3.8) is 0 Å². The van der Waals surface area contributed by atoms with Crippen molar-refractivity contribution in [2.75, 3.05) is 11.9 Å². The van der Waals surface area contributed by atoms with Crippen molar-refractivity contribution in [1.82, 2.24) is 9.97 Å². The van der Waals surface area contributed by atoms with E-state index < -0.39 is 0 Å². The SMILES string of the molecule is Cc1ncsc1CN(C)c1ccncc1Cl. The molecule has 0 aliphatic heterocycles. The number of anilines is 1. The second-order valence-electron chi connectivity index (χ2n) is 3.54. The largest absolute Gasteiger partial charge is 0.368 e. The molecule has 0 fully saturated rings. The molecule has 2 aromatic heterocycles. The van der Waals surface area contributed by atoms with Gasteiger partial charge < -0.3 is 4.90 Å². The highest BCUT2D eigenvalue weighted by molar-refractivity contribution is 7.09. The normalized spacial score (nSPS) is 10.4. The van der Waals surface area contributed by atoms with Crippen molar-refractivity contribution in [2.24, 2.45) is 0 Å². The Balaban J connectivity index is 2.18. The number of thiazole rings is 1. The van der Waals surface area contributed by atoms with E-state index in [0.717, 1.165) is 17.9 Å². The van der Waals surface area contributed by atoms with Crippen LogP contribution in [0.15, 0.2) is 24.0 Å². The van der Waals surface area contributed by atoms with Gasteiger partial charge in [0.15, 0.2) is 0 Å². The molecule has 2 rings (SSSR count). The zero-order chi connectivity index (χ0) is 11.5. The summed E-state index contributed by atoms with van der Waals surface area (Å²) < 4.78 is 0. The number of hydrogen-bond acceptors (Lipinski definition) is 4. The Morgan fingerprint density at radius 1 is 1.50 bits per heavy atom. The van der Waals surface area contributed by atoms with Crippen LogP contribution in [0.1, 0.15) is 10.6 Å². The van der Waals surface area contributed by atoms with Crippen molar-refractivity contribution >= 4 is 28.6 Å². The first-order valence-electron chi connectivity index (χ1n) is 4.88. The van der Waals surface area contributed by atoms with Crippen molar-refractivity contribution < 1.29 is 0 Å². The molecule has 0 unspecified atom stereocenters. The van der Waals surface area contributed by atoms with Gasteiger partial charge in [-0.05, 0) is 13.0 Å². The van der Waals surface area contributed by atoms with E-state index in [1.807, 2.05) is 25.5 Å². The summed E-state index contributed by atoms with van der Waals surface area (Å²) in [5.74, 6) is 0. The predicted octanol–water partition coefficient (Wildman–Crippen LogP) is 3.14. The van der Waals surface area contributed by atoms with Gasteiger partial charge >= 0.3 is 0 Å². The Hall–Kier alpha value is -1.13. The molecule has 0 N–H and O–H groups in total. The van der Waals surface area contributed by atoms with Gasteiger partial charge in [0.1, 0.15) is 0 Å². The summed E-state index contributed by atoms with van der Waals surface area (Å²) in [6.07, 6.45) is 3.41. The molecule has 0 aromatic carbocycles. The molecule has 0 amide bonds. The number of nitrogens with zero attached hydrogens (tertiary/aromatic N) is 3. The van der Waals surface area contributed by atoms with E-state index in [2.05, 4.69) is 14.9 Å². The molecule has 0 bridgehead atoms. The molecule has 5 heteroatoms. The lowest BCUT2D eigenvalue weighted by atomic mass is 10.3. The monoisotopic (exact) mass is 253 g/mol. The molecule has 0 saturated heterocycles. The van der Waals surface area contributed by atoms with Crippen LogP contribution >= 0.6 is 22.9 Å². The molecular weight excluding hydrogens is 242 g/mol. The van der Waals surface area contributed by atoms with E-state index in [9.17, 15) is 0 Å². The molecule has 2 aromatic rings. The molecular formula is C11H12ClN3S. The van der Waals surface area contributed by atoms with Crippen LogP contribution in [0.5, 0.6) is 0 Å². The van der Waals surface area contributed by atoms with E-state index in [4.69, 9.17) is 11.6 Å². The van der Waals surface area contributed by atoms with Gasteiger partial charge in [0.05, 0.1) is 28.5 Å². The Kier molecular flexibility index (Phi) is 3.41. The minimum atomic E-state index is 0.673. The van der Waals surface area contributed by atoms with E-state index in [-0.39, 0.29) is 0 Å². The fraction of sp³-hybridized carbons (Fsp3) is 0.273. The molecule has 2 heterocycles. The summed E-state index contributed by atoms with van der Waals surface area (Å²) in [4.78, 5) is 11.6. The highest BCUT2D eigenvalue weighted by Crippen LogP contribution is 2.25. The third-order valence-corrected chi connectivity index (χ3v) is 3.60. The minimum Gasteiger partial charge on any atom is -0.368 e. The van der Waals surface area contributed by atoms with Crippen LogP contribution < -0.4 is 4.90 Å². The highest BCUT2D eigenvalue weighted by Gasteiger charge is 2.09. The van der Waals surface area contributed by atoms with Crippen LogP contribution in [0.4, 0.5) is 5.69 Å². The summed E-state index contributed by atoms with van der Waals surface area (Å²) in [6, 6.07) is 1.92. The number of rotatable bonds is 3. The average molecular weight is 254 g/mol. The molecule has 84 valence electrons. The third-order valence-electron chi connectivity index (χ3n) is 2.39. The average Bonchev–Trinajstić information content (AvgIpc) is 2.65. The van der Waals surface area contributed by atoms with Crippen LogP contribution in [0.2, 0.25) is 5.02 Å². The van der Waals surface area contributed by atoms with E-state index in [1.165, 1.54) is 4.88 Å². The zero-order valence-corrected chi connectivity index (χ0v) is 10.7. The van der Waals surface area contributed by atoms with Crippen LogP contribution in [-0.2, 0) is 6.54 Å². The number of aryl methyl sites for hydroxylation is 1. The maximum absolute atomic E-state index is 6.08. The van der Waals surface area contributed by atoms with Crippen LogP contribution in [0.3, 0.4) is 0 Å². The maximum Gasteiger partial charge on any atom is 0.0822 e. The van der Waals surface area contributed by atoms with Crippen LogP contribution in [0, 0.1) is 6.92 Å². The number of pyridine rings is 1. The summed E-state index contributed by atoms with van der Waals surface area (Å²) in [6.45, 7) is 2.84. The lowest BCUT2D eigenvalue weighted by Gasteiger charge is -2.19. The molecule has 0 aliphatic rings. The number of halogens is 1. The topological polar surface area (TPSA) is 29.0 Å². The second-order valence-corrected chi connectivity index (χ2v) is 4.89. The fourth-order valence-corrected chi connectivity index (χ4v) is 2.55. The van der Waals surface area contributed by atoms with Crippen molar-refractivity contribution in [2.45, 2.75) is 13.5 Å². The van der Waals surface area contributed by atoms with E-state index in [1.54, 1.807) is 23.7 Å². The Morgan fingerprint density at radius 3 is 2.94 bits per heavy atom. The molecule has 0 aliphatic carbocycles. The summed E-state index contributed by atoms with van der Waals surface area (Å²) in [7, 11) is 2.01. The Bertz CT molecular complexity index is 484. The van der Waals surface area contributed by atoms with Gasteiger partial charge in [-0.2, -0.15) is 0 Å². The second kappa shape index (κ2) is 4.80. The lowest BCUT2D eigenvalue weighted by molar-refractivity contribution is 0.924. The number of hydrogen-bond donors (Lipinski definition) is 0. The van der Waals surface area contributed by atoms with Gasteiger partial charge in [-0.3, -0.25) is 4.98 Å². The molecule has 0 saturated carbocycles. The quantitative estimate of drug-likeness (QED) is 0.842. The first-order chi connectivity index (χ1) is 7.68. The van der Waals surface area contributed by atoms with Gasteiger partial charge in [0.2, 0.25) is 0 Å². The first-order valence-corrected chi connectivity index (χ1v) is 6.14. The standard InChI is InChI=1S/C11H12ClN3S/c1-8-11(16-7-14-8)6-15(2)10-3-4-13-5-9(10)12/h3-5,7H,6H2,1-2H3. The molecule has 3 nitrogen and oxygen atoms in total. The molecule has 0 radical (unpaired) electrons. The van der Waals surface area contributed by atoms with Gasteiger partial charge in [0.25, 0.3) is 0 Å². The van der Waals surface area contributed by atoms with Gasteiger partial charge in [0, 0.05) is 24.3 Å². The molecule has 0 spiro atoms. The van der Waals surface area contributed by atoms with Gasteiger partial charge in [-0.15, -0.1) is 11.3 Å². The Labute approximate surface area is 104 Å². The molecule has 0 atom stereocenters. The maximum atomic E-state index is 6.08.